The third-order valence-corrected chi connectivity index (χ3v) is 6.07. The molecule has 0 bridgehead atoms. The van der Waals surface area contributed by atoms with Crippen molar-refractivity contribution in [3.8, 4) is 28.8 Å². The Morgan fingerprint density at radius 1 is 1.03 bits per heavy atom. The summed E-state index contributed by atoms with van der Waals surface area (Å²) in [4.78, 5) is 24.7. The number of halogens is 2. The summed E-state index contributed by atoms with van der Waals surface area (Å²) < 4.78 is 7.86. The SMILES string of the molecule is Cn1cnc2nc(Nc3ccc(C#N)cc3)nc(Oc3c(Cl)cc(-c4ccc(C(N)=O)cc4)cc3Cl)c21. The van der Waals surface area contributed by atoms with Crippen LogP contribution in [0.25, 0.3) is 22.3 Å². The quantitative estimate of drug-likeness (QED) is 0.282. The minimum Gasteiger partial charge on any atom is -0.434 e. The standard InChI is InChI=1S/C26H17Cl2N7O2/c1-35-13-31-24-21(35)25(34-26(33-24)32-18-8-2-14(12-29)3-9-18)37-22-19(27)10-17(11-20(22)28)15-4-6-16(7-5-15)23(30)36/h2-11,13H,1H3,(H2,30,36)(H,32,33,34). The zero-order chi connectivity index (χ0) is 26.1. The van der Waals surface area contributed by atoms with E-state index in [1.165, 1.54) is 0 Å². The molecule has 3 N–H and O–H groups in total. The Kier molecular flexibility index (Phi) is 6.36. The highest BCUT2D eigenvalue weighted by atomic mass is 35.5. The molecule has 0 saturated heterocycles. The van der Waals surface area contributed by atoms with Gasteiger partial charge in [-0.25, -0.2) is 4.98 Å². The zero-order valence-corrected chi connectivity index (χ0v) is 20.7. The first-order chi connectivity index (χ1) is 17.8. The van der Waals surface area contributed by atoms with Crippen LogP contribution >= 0.6 is 23.2 Å². The van der Waals surface area contributed by atoms with Gasteiger partial charge in [0, 0.05) is 18.3 Å². The minimum absolute atomic E-state index is 0.198. The van der Waals surface area contributed by atoms with E-state index in [4.69, 9.17) is 38.9 Å². The molecular formula is C26H17Cl2N7O2. The fraction of sp³-hybridized carbons (Fsp3) is 0.0385. The van der Waals surface area contributed by atoms with Crippen LogP contribution < -0.4 is 15.8 Å². The number of ether oxygens (including phenoxy) is 1. The number of primary amides is 1. The summed E-state index contributed by atoms with van der Waals surface area (Å²) in [5.74, 6) is 0.143. The van der Waals surface area contributed by atoms with Crippen molar-refractivity contribution < 1.29 is 9.53 Å². The normalized spacial score (nSPS) is 10.8. The summed E-state index contributed by atoms with van der Waals surface area (Å²) in [5.41, 5.74) is 9.42. The lowest BCUT2D eigenvalue weighted by Crippen LogP contribution is -2.10. The molecule has 5 rings (SSSR count). The third kappa shape index (κ3) is 4.89. The molecule has 3 aromatic carbocycles. The summed E-state index contributed by atoms with van der Waals surface area (Å²) in [6.45, 7) is 0. The number of carbonyl (C=O) groups excluding carboxylic acids is 1. The van der Waals surface area contributed by atoms with Crippen molar-refractivity contribution in [1.29, 1.82) is 5.26 Å². The summed E-state index contributed by atoms with van der Waals surface area (Å²) in [5, 5.41) is 12.6. The molecule has 2 heterocycles. The monoisotopic (exact) mass is 529 g/mol. The number of benzene rings is 3. The van der Waals surface area contributed by atoms with Crippen molar-refractivity contribution >= 4 is 51.9 Å². The number of aromatic nitrogens is 4. The van der Waals surface area contributed by atoms with Crippen LogP contribution in [0.3, 0.4) is 0 Å². The Hall–Kier alpha value is -4.65. The van der Waals surface area contributed by atoms with E-state index >= 15 is 0 Å². The number of hydrogen-bond acceptors (Lipinski definition) is 7. The number of anilines is 2. The van der Waals surface area contributed by atoms with Crippen LogP contribution in [0.4, 0.5) is 11.6 Å². The fourth-order valence-electron chi connectivity index (χ4n) is 3.65. The molecule has 2 aromatic heterocycles. The first-order valence-electron chi connectivity index (χ1n) is 10.9. The van der Waals surface area contributed by atoms with E-state index in [1.54, 1.807) is 78.6 Å². The highest BCUT2D eigenvalue weighted by Crippen LogP contribution is 2.41. The van der Waals surface area contributed by atoms with Crippen LogP contribution in [-0.2, 0) is 7.05 Å². The molecule has 182 valence electrons. The molecule has 0 unspecified atom stereocenters. The second-order valence-corrected chi connectivity index (χ2v) is 8.82. The Morgan fingerprint density at radius 3 is 2.32 bits per heavy atom. The third-order valence-electron chi connectivity index (χ3n) is 5.51. The smallest absolute Gasteiger partial charge is 0.250 e. The van der Waals surface area contributed by atoms with E-state index in [9.17, 15) is 4.79 Å². The number of nitrogens with two attached hydrogens (primary N) is 1. The number of hydrogen-bond donors (Lipinski definition) is 2. The lowest BCUT2D eigenvalue weighted by Gasteiger charge is -2.13. The maximum absolute atomic E-state index is 11.4. The summed E-state index contributed by atoms with van der Waals surface area (Å²) >= 11 is 13.2. The molecule has 1 amide bonds. The predicted octanol–water partition coefficient (Wildman–Crippen LogP) is 5.84. The van der Waals surface area contributed by atoms with E-state index in [2.05, 4.69) is 26.3 Å². The number of fused-ring (bicyclic) bond motifs is 1. The Labute approximate surface area is 221 Å². The number of aryl methyl sites for hydroxylation is 1. The number of nitrogens with one attached hydrogen (secondary N) is 1. The lowest BCUT2D eigenvalue weighted by molar-refractivity contribution is 0.100. The van der Waals surface area contributed by atoms with Crippen molar-refractivity contribution in [2.75, 3.05) is 5.32 Å². The predicted molar refractivity (Wildman–Crippen MR) is 141 cm³/mol. The maximum atomic E-state index is 11.4. The van der Waals surface area contributed by atoms with Crippen LogP contribution in [-0.4, -0.2) is 25.4 Å². The second kappa shape index (κ2) is 9.78. The molecule has 0 aliphatic carbocycles. The number of carbonyl (C=O) groups is 1. The molecule has 0 atom stereocenters. The highest BCUT2D eigenvalue weighted by Gasteiger charge is 2.19. The molecule has 0 radical (unpaired) electrons. The summed E-state index contributed by atoms with van der Waals surface area (Å²) in [6, 6.07) is 19.1. The molecule has 0 saturated carbocycles. The van der Waals surface area contributed by atoms with Gasteiger partial charge in [-0.3, -0.25) is 4.79 Å². The summed E-state index contributed by atoms with van der Waals surface area (Å²) in [7, 11) is 1.79. The number of rotatable bonds is 6. The van der Waals surface area contributed by atoms with Crippen molar-refractivity contribution in [3.63, 3.8) is 0 Å². The van der Waals surface area contributed by atoms with E-state index in [1.807, 2.05) is 0 Å². The van der Waals surface area contributed by atoms with Crippen LogP contribution in [0.2, 0.25) is 10.0 Å². The molecule has 5 aromatic rings. The van der Waals surface area contributed by atoms with Crippen molar-refractivity contribution in [3.05, 3.63) is 88.2 Å². The summed E-state index contributed by atoms with van der Waals surface area (Å²) in [6.07, 6.45) is 1.60. The molecule has 0 aliphatic rings. The van der Waals surface area contributed by atoms with Gasteiger partial charge in [-0.1, -0.05) is 35.3 Å². The molecule has 37 heavy (non-hydrogen) atoms. The van der Waals surface area contributed by atoms with Crippen LogP contribution in [0, 0.1) is 11.3 Å². The van der Waals surface area contributed by atoms with Gasteiger partial charge in [-0.15, -0.1) is 0 Å². The topological polar surface area (TPSA) is 132 Å². The van der Waals surface area contributed by atoms with Crippen molar-refractivity contribution in [2.45, 2.75) is 0 Å². The Bertz CT molecular complexity index is 1670. The number of imidazole rings is 1. The van der Waals surface area contributed by atoms with Crippen molar-refractivity contribution in [1.82, 2.24) is 19.5 Å². The van der Waals surface area contributed by atoms with Gasteiger partial charge in [-0.2, -0.15) is 15.2 Å². The largest absolute Gasteiger partial charge is 0.434 e. The average Bonchev–Trinajstić information content (AvgIpc) is 3.27. The van der Waals surface area contributed by atoms with E-state index in [0.29, 0.717) is 28.0 Å². The van der Waals surface area contributed by atoms with E-state index in [-0.39, 0.29) is 27.6 Å². The molecule has 0 spiro atoms. The molecule has 0 aliphatic heterocycles. The number of nitrogens with zero attached hydrogens (tertiary/aromatic N) is 5. The zero-order valence-electron chi connectivity index (χ0n) is 19.2. The first-order valence-corrected chi connectivity index (χ1v) is 11.6. The number of nitriles is 1. The molecule has 11 heteroatoms. The molecule has 9 nitrogen and oxygen atoms in total. The van der Waals surface area contributed by atoms with E-state index < -0.39 is 5.91 Å². The first kappa shape index (κ1) is 24.1. The van der Waals surface area contributed by atoms with Crippen molar-refractivity contribution in [2.24, 2.45) is 12.8 Å². The van der Waals surface area contributed by atoms with Gasteiger partial charge in [-0.05, 0) is 59.7 Å². The van der Waals surface area contributed by atoms with Crippen LogP contribution in [0.15, 0.2) is 67.0 Å². The Morgan fingerprint density at radius 2 is 1.70 bits per heavy atom. The Balaban J connectivity index is 1.50. The number of amides is 1. The second-order valence-electron chi connectivity index (χ2n) is 8.01. The maximum Gasteiger partial charge on any atom is 0.250 e. The average molecular weight is 530 g/mol. The van der Waals surface area contributed by atoms with Gasteiger partial charge in [0.25, 0.3) is 5.88 Å². The minimum atomic E-state index is -0.509. The van der Waals surface area contributed by atoms with Gasteiger partial charge in [0.2, 0.25) is 11.9 Å². The van der Waals surface area contributed by atoms with Gasteiger partial charge in [0.1, 0.15) is 0 Å². The van der Waals surface area contributed by atoms with Gasteiger partial charge in [0.15, 0.2) is 16.9 Å². The van der Waals surface area contributed by atoms with Gasteiger partial charge < -0.3 is 20.4 Å². The fourth-order valence-corrected chi connectivity index (χ4v) is 4.22. The van der Waals surface area contributed by atoms with Gasteiger partial charge >= 0.3 is 0 Å². The van der Waals surface area contributed by atoms with Crippen LogP contribution in [0.1, 0.15) is 15.9 Å². The van der Waals surface area contributed by atoms with Gasteiger partial charge in [0.05, 0.1) is 28.0 Å². The highest BCUT2D eigenvalue weighted by molar-refractivity contribution is 6.37. The lowest BCUT2D eigenvalue weighted by atomic mass is 10.0. The molecule has 0 fully saturated rings. The van der Waals surface area contributed by atoms with E-state index in [0.717, 1.165) is 11.1 Å². The molecular weight excluding hydrogens is 513 g/mol. The van der Waals surface area contributed by atoms with Crippen LogP contribution in [0.5, 0.6) is 11.6 Å².